The minimum absolute atomic E-state index is 0.216. The number of furan rings is 1. The molecule has 0 fully saturated rings. The summed E-state index contributed by atoms with van der Waals surface area (Å²) >= 11 is 1.51. The number of thiazole rings is 1. The molecule has 6 heteroatoms. The van der Waals surface area contributed by atoms with Crippen LogP contribution >= 0.6 is 11.3 Å². The Morgan fingerprint density at radius 1 is 1.19 bits per heavy atom. The van der Waals surface area contributed by atoms with E-state index >= 15 is 0 Å². The highest BCUT2D eigenvalue weighted by Gasteiger charge is 2.23. The highest BCUT2D eigenvalue weighted by molar-refractivity contribution is 7.22. The van der Waals surface area contributed by atoms with Gasteiger partial charge in [0.25, 0.3) is 5.91 Å². The minimum atomic E-state index is -0.216. The predicted octanol–water partition coefficient (Wildman–Crippen LogP) is 4.75. The van der Waals surface area contributed by atoms with Gasteiger partial charge in [0.1, 0.15) is 0 Å². The van der Waals surface area contributed by atoms with Crippen LogP contribution in [0, 0.1) is 13.8 Å². The third-order valence-corrected chi connectivity index (χ3v) is 5.31. The van der Waals surface area contributed by atoms with E-state index in [1.165, 1.54) is 28.7 Å². The van der Waals surface area contributed by atoms with Crippen molar-refractivity contribution in [3.05, 3.63) is 77.5 Å². The largest absolute Gasteiger partial charge is 0.459 e. The van der Waals surface area contributed by atoms with Crippen molar-refractivity contribution in [2.75, 3.05) is 4.90 Å². The fourth-order valence-electron chi connectivity index (χ4n) is 2.72. The number of carbonyl (C=O) groups is 1. The van der Waals surface area contributed by atoms with E-state index in [0.29, 0.717) is 17.4 Å². The van der Waals surface area contributed by atoms with Crippen molar-refractivity contribution in [2.45, 2.75) is 20.4 Å². The summed E-state index contributed by atoms with van der Waals surface area (Å²) in [5.74, 6) is 0.0758. The van der Waals surface area contributed by atoms with Gasteiger partial charge >= 0.3 is 0 Å². The molecule has 0 aliphatic heterocycles. The number of amides is 1. The molecule has 0 bridgehead atoms. The second-order valence-electron chi connectivity index (χ2n) is 6.13. The summed E-state index contributed by atoms with van der Waals surface area (Å²) in [6.45, 7) is 4.52. The number of hydrogen-bond acceptors (Lipinski definition) is 5. The van der Waals surface area contributed by atoms with Crippen LogP contribution in [0.1, 0.15) is 27.2 Å². The predicted molar refractivity (Wildman–Crippen MR) is 103 cm³/mol. The fraction of sp³-hybridized carbons (Fsp3) is 0.150. The molecule has 0 atom stereocenters. The van der Waals surface area contributed by atoms with Gasteiger partial charge in [-0.3, -0.25) is 14.7 Å². The van der Waals surface area contributed by atoms with Gasteiger partial charge in [0, 0.05) is 12.4 Å². The van der Waals surface area contributed by atoms with Crippen LogP contribution in [0.25, 0.3) is 10.2 Å². The SMILES string of the molecule is Cc1cc2nc(N(Cc3cccnc3)C(=O)c3ccco3)sc2cc1C. The van der Waals surface area contributed by atoms with Crippen LogP contribution in [0.2, 0.25) is 0 Å². The van der Waals surface area contributed by atoms with Crippen LogP contribution in [-0.2, 0) is 6.54 Å². The first-order valence-corrected chi connectivity index (χ1v) is 9.05. The van der Waals surface area contributed by atoms with Crippen LogP contribution in [0.5, 0.6) is 0 Å². The molecule has 5 nitrogen and oxygen atoms in total. The zero-order chi connectivity index (χ0) is 18.1. The molecular formula is C20H17N3O2S. The standard InChI is InChI=1S/C20H17N3O2S/c1-13-9-16-18(10-14(13)2)26-20(22-16)23(12-15-5-3-7-21-11-15)19(24)17-6-4-8-25-17/h3-11H,12H2,1-2H3. The third-order valence-electron chi connectivity index (χ3n) is 4.26. The van der Waals surface area contributed by atoms with Gasteiger partial charge in [-0.1, -0.05) is 17.4 Å². The molecule has 3 aromatic heterocycles. The van der Waals surface area contributed by atoms with E-state index in [0.717, 1.165) is 15.8 Å². The van der Waals surface area contributed by atoms with Gasteiger partial charge in [0.15, 0.2) is 10.9 Å². The molecule has 0 radical (unpaired) electrons. The lowest BCUT2D eigenvalue weighted by atomic mass is 10.1. The van der Waals surface area contributed by atoms with E-state index in [4.69, 9.17) is 9.40 Å². The van der Waals surface area contributed by atoms with Crippen molar-refractivity contribution in [1.29, 1.82) is 0 Å². The van der Waals surface area contributed by atoms with Crippen LogP contribution in [0.3, 0.4) is 0 Å². The zero-order valence-electron chi connectivity index (χ0n) is 14.5. The van der Waals surface area contributed by atoms with Crippen molar-refractivity contribution < 1.29 is 9.21 Å². The van der Waals surface area contributed by atoms with Gasteiger partial charge in [-0.25, -0.2) is 4.98 Å². The fourth-order valence-corrected chi connectivity index (χ4v) is 3.76. The quantitative estimate of drug-likeness (QED) is 0.525. The number of fused-ring (bicyclic) bond motifs is 1. The number of anilines is 1. The molecule has 1 amide bonds. The average Bonchev–Trinajstić information content (AvgIpc) is 3.30. The molecule has 0 unspecified atom stereocenters. The minimum Gasteiger partial charge on any atom is -0.459 e. The Bertz CT molecular complexity index is 1020. The van der Waals surface area contributed by atoms with E-state index < -0.39 is 0 Å². The first kappa shape index (κ1) is 16.5. The number of nitrogens with zero attached hydrogens (tertiary/aromatic N) is 3. The first-order valence-electron chi connectivity index (χ1n) is 8.24. The number of carbonyl (C=O) groups excluding carboxylic acids is 1. The summed E-state index contributed by atoms with van der Waals surface area (Å²) in [5, 5.41) is 0.648. The molecular weight excluding hydrogens is 346 g/mol. The Kier molecular flexibility index (Phi) is 4.26. The normalized spacial score (nSPS) is 11.0. The Balaban J connectivity index is 1.78. The summed E-state index contributed by atoms with van der Waals surface area (Å²) in [5.41, 5.74) is 4.23. The zero-order valence-corrected chi connectivity index (χ0v) is 15.3. The lowest BCUT2D eigenvalue weighted by molar-refractivity contribution is 0.0958. The summed E-state index contributed by atoms with van der Waals surface area (Å²) in [6.07, 6.45) is 4.97. The van der Waals surface area contributed by atoms with E-state index in [2.05, 4.69) is 31.0 Å². The second-order valence-corrected chi connectivity index (χ2v) is 7.14. The topological polar surface area (TPSA) is 59.2 Å². The van der Waals surface area contributed by atoms with E-state index in [9.17, 15) is 4.79 Å². The third kappa shape index (κ3) is 3.11. The van der Waals surface area contributed by atoms with E-state index in [-0.39, 0.29) is 5.91 Å². The van der Waals surface area contributed by atoms with Crippen LogP contribution in [0.15, 0.2) is 59.5 Å². The molecule has 4 aromatic rings. The Morgan fingerprint density at radius 3 is 2.77 bits per heavy atom. The molecule has 3 heterocycles. The first-order chi connectivity index (χ1) is 12.6. The lowest BCUT2D eigenvalue weighted by Gasteiger charge is -2.18. The molecule has 0 aliphatic rings. The van der Waals surface area contributed by atoms with Crippen LogP contribution in [0.4, 0.5) is 5.13 Å². The Labute approximate surface area is 154 Å². The Morgan fingerprint density at radius 2 is 2.04 bits per heavy atom. The molecule has 1 aromatic carbocycles. The van der Waals surface area contributed by atoms with Gasteiger partial charge in [-0.2, -0.15) is 0 Å². The van der Waals surface area contributed by atoms with Gasteiger partial charge in [-0.05, 0) is 60.9 Å². The van der Waals surface area contributed by atoms with Crippen molar-refractivity contribution in [2.24, 2.45) is 0 Å². The molecule has 130 valence electrons. The van der Waals surface area contributed by atoms with Crippen LogP contribution in [-0.4, -0.2) is 15.9 Å². The summed E-state index contributed by atoms with van der Waals surface area (Å²) in [4.78, 5) is 23.5. The number of aromatic nitrogens is 2. The van der Waals surface area contributed by atoms with Gasteiger partial charge in [-0.15, -0.1) is 0 Å². The molecule has 0 N–H and O–H groups in total. The maximum Gasteiger partial charge on any atom is 0.296 e. The number of hydrogen-bond donors (Lipinski definition) is 0. The maximum absolute atomic E-state index is 13.0. The number of aryl methyl sites for hydroxylation is 2. The number of rotatable bonds is 4. The molecule has 0 spiro atoms. The lowest BCUT2D eigenvalue weighted by Crippen LogP contribution is -2.30. The van der Waals surface area contributed by atoms with Gasteiger partial charge < -0.3 is 4.42 Å². The monoisotopic (exact) mass is 363 g/mol. The Hall–Kier alpha value is -2.99. The smallest absolute Gasteiger partial charge is 0.296 e. The molecule has 4 rings (SSSR count). The van der Waals surface area contributed by atoms with Crippen molar-refractivity contribution >= 4 is 32.6 Å². The molecule has 0 saturated carbocycles. The highest BCUT2D eigenvalue weighted by Crippen LogP contribution is 2.32. The maximum atomic E-state index is 13.0. The number of benzene rings is 1. The number of pyridine rings is 1. The average molecular weight is 363 g/mol. The molecule has 0 saturated heterocycles. The van der Waals surface area contributed by atoms with Crippen molar-refractivity contribution in [3.8, 4) is 0 Å². The summed E-state index contributed by atoms with van der Waals surface area (Å²) in [7, 11) is 0. The van der Waals surface area contributed by atoms with Gasteiger partial charge in [0.05, 0.1) is 23.0 Å². The highest BCUT2D eigenvalue weighted by atomic mass is 32.1. The summed E-state index contributed by atoms with van der Waals surface area (Å²) in [6, 6.07) is 11.4. The molecule has 0 aliphatic carbocycles. The molecule has 26 heavy (non-hydrogen) atoms. The second kappa shape index (κ2) is 6.72. The van der Waals surface area contributed by atoms with Gasteiger partial charge in [0.2, 0.25) is 0 Å². The van der Waals surface area contributed by atoms with E-state index in [1.54, 1.807) is 29.4 Å². The van der Waals surface area contributed by atoms with E-state index in [1.807, 2.05) is 12.1 Å². The van der Waals surface area contributed by atoms with Crippen molar-refractivity contribution in [1.82, 2.24) is 9.97 Å². The summed E-state index contributed by atoms with van der Waals surface area (Å²) < 4.78 is 6.38. The van der Waals surface area contributed by atoms with Crippen molar-refractivity contribution in [3.63, 3.8) is 0 Å². The van der Waals surface area contributed by atoms with Crippen LogP contribution < -0.4 is 4.90 Å².